The number of phenols is 1. The second-order valence-electron chi connectivity index (χ2n) is 11.2. The molecule has 5 aromatic carbocycles. The third-order valence-corrected chi connectivity index (χ3v) is 7.82. The predicted octanol–water partition coefficient (Wildman–Crippen LogP) is 5.99. The van der Waals surface area contributed by atoms with Gasteiger partial charge in [-0.25, -0.2) is 0 Å². The number of nitrogens with two attached hydrogens (primary N) is 1. The van der Waals surface area contributed by atoms with E-state index in [0.717, 1.165) is 66.1 Å². The summed E-state index contributed by atoms with van der Waals surface area (Å²) in [6, 6.07) is 37.6. The lowest BCUT2D eigenvalue weighted by Gasteiger charge is -2.34. The summed E-state index contributed by atoms with van der Waals surface area (Å²) in [5.41, 5.74) is 9.31. The molecule has 46 heavy (non-hydrogen) atoms. The van der Waals surface area contributed by atoms with Gasteiger partial charge >= 0.3 is 0 Å². The summed E-state index contributed by atoms with van der Waals surface area (Å²) in [7, 11) is 0. The SMILES string of the molecule is N=Cc1c(O)ccc2ccccc12.NC(=O)CN1CCN(Cc2ccc(OCc3ccccc3)c(OCc3ccccc3)c2)CC1. The fourth-order valence-corrected chi connectivity index (χ4v) is 5.37. The first-order chi connectivity index (χ1) is 22.5. The number of carbonyl (C=O) groups is 1. The van der Waals surface area contributed by atoms with Crippen LogP contribution in [0.4, 0.5) is 0 Å². The Kier molecular flexibility index (Phi) is 11.4. The van der Waals surface area contributed by atoms with E-state index in [1.807, 2.05) is 72.8 Å². The van der Waals surface area contributed by atoms with Crippen molar-refractivity contribution in [3.05, 3.63) is 138 Å². The average Bonchev–Trinajstić information content (AvgIpc) is 3.09. The van der Waals surface area contributed by atoms with Crippen LogP contribution in [-0.2, 0) is 24.6 Å². The molecule has 5 aromatic rings. The highest BCUT2D eigenvalue weighted by atomic mass is 16.5. The maximum Gasteiger partial charge on any atom is 0.231 e. The number of hydrogen-bond donors (Lipinski definition) is 3. The number of phenolic OH excluding ortho intramolecular Hbond substituents is 1. The molecule has 0 unspecified atom stereocenters. The zero-order valence-corrected chi connectivity index (χ0v) is 25.8. The van der Waals surface area contributed by atoms with Gasteiger partial charge in [-0.15, -0.1) is 0 Å². The van der Waals surface area contributed by atoms with Crippen molar-refractivity contribution >= 4 is 22.9 Å². The van der Waals surface area contributed by atoms with Crippen molar-refractivity contribution in [1.29, 1.82) is 5.41 Å². The molecule has 1 aliphatic rings. The quantitative estimate of drug-likeness (QED) is 0.157. The molecule has 1 heterocycles. The van der Waals surface area contributed by atoms with Crippen molar-refractivity contribution in [1.82, 2.24) is 9.80 Å². The van der Waals surface area contributed by atoms with Gasteiger partial charge in [0.15, 0.2) is 11.5 Å². The summed E-state index contributed by atoms with van der Waals surface area (Å²) in [4.78, 5) is 15.7. The van der Waals surface area contributed by atoms with Crippen LogP contribution in [0.15, 0.2) is 115 Å². The van der Waals surface area contributed by atoms with Crippen molar-refractivity contribution in [2.75, 3.05) is 32.7 Å². The number of rotatable bonds is 11. The molecule has 4 N–H and O–H groups in total. The third-order valence-electron chi connectivity index (χ3n) is 7.82. The maximum absolute atomic E-state index is 11.2. The van der Waals surface area contributed by atoms with Gasteiger partial charge in [0.1, 0.15) is 19.0 Å². The summed E-state index contributed by atoms with van der Waals surface area (Å²) >= 11 is 0. The van der Waals surface area contributed by atoms with Crippen LogP contribution in [0, 0.1) is 5.41 Å². The molecule has 8 nitrogen and oxygen atoms in total. The van der Waals surface area contributed by atoms with Crippen LogP contribution in [0.25, 0.3) is 10.8 Å². The molecule has 0 saturated carbocycles. The summed E-state index contributed by atoms with van der Waals surface area (Å²) < 4.78 is 12.3. The highest BCUT2D eigenvalue weighted by Crippen LogP contribution is 2.31. The van der Waals surface area contributed by atoms with E-state index in [4.69, 9.17) is 20.6 Å². The molecule has 0 aromatic heterocycles. The number of carbonyl (C=O) groups excluding carboxylic acids is 1. The number of nitrogens with zero attached hydrogens (tertiary/aromatic N) is 2. The fourth-order valence-electron chi connectivity index (χ4n) is 5.37. The summed E-state index contributed by atoms with van der Waals surface area (Å²) in [6.45, 7) is 5.63. The lowest BCUT2D eigenvalue weighted by Crippen LogP contribution is -2.48. The Labute approximate surface area is 270 Å². The monoisotopic (exact) mass is 616 g/mol. The van der Waals surface area contributed by atoms with Crippen molar-refractivity contribution < 1.29 is 19.4 Å². The molecule has 6 rings (SSSR count). The van der Waals surface area contributed by atoms with Gasteiger partial charge in [0.25, 0.3) is 0 Å². The van der Waals surface area contributed by atoms with Gasteiger partial charge < -0.3 is 25.7 Å². The number of primary amides is 1. The minimum absolute atomic E-state index is 0.161. The smallest absolute Gasteiger partial charge is 0.231 e. The second-order valence-corrected chi connectivity index (χ2v) is 11.2. The zero-order valence-electron chi connectivity index (χ0n) is 25.8. The van der Waals surface area contributed by atoms with Crippen LogP contribution in [0.2, 0.25) is 0 Å². The van der Waals surface area contributed by atoms with Crippen molar-refractivity contribution in [2.45, 2.75) is 19.8 Å². The van der Waals surface area contributed by atoms with Gasteiger partial charge in [-0.1, -0.05) is 97.1 Å². The molecule has 0 atom stereocenters. The molecule has 1 amide bonds. The second kappa shape index (κ2) is 16.2. The normalized spacial score (nSPS) is 13.4. The van der Waals surface area contributed by atoms with Gasteiger partial charge in [0.2, 0.25) is 5.91 Å². The van der Waals surface area contributed by atoms with Gasteiger partial charge in [0.05, 0.1) is 6.54 Å². The molecule has 0 spiro atoms. The predicted molar refractivity (Wildman–Crippen MR) is 182 cm³/mol. The first kappa shape index (κ1) is 32.2. The molecular formula is C38H40N4O4. The van der Waals surface area contributed by atoms with E-state index in [-0.39, 0.29) is 11.7 Å². The number of nitrogens with one attached hydrogen (secondary N) is 1. The van der Waals surface area contributed by atoms with Crippen LogP contribution < -0.4 is 15.2 Å². The molecule has 1 fully saturated rings. The molecule has 236 valence electrons. The van der Waals surface area contributed by atoms with Crippen molar-refractivity contribution in [3.8, 4) is 17.2 Å². The number of ether oxygens (including phenoxy) is 2. The van der Waals surface area contributed by atoms with Crippen molar-refractivity contribution in [2.24, 2.45) is 5.73 Å². The minimum atomic E-state index is -0.269. The Balaban J connectivity index is 0.000000266. The largest absolute Gasteiger partial charge is 0.507 e. The molecule has 1 aliphatic heterocycles. The van der Waals surface area contributed by atoms with E-state index in [1.54, 1.807) is 6.07 Å². The van der Waals surface area contributed by atoms with Crippen molar-refractivity contribution in [3.63, 3.8) is 0 Å². The summed E-state index contributed by atoms with van der Waals surface area (Å²) in [5, 5.41) is 18.6. The molecule has 0 aliphatic carbocycles. The molecule has 0 bridgehead atoms. The number of amides is 1. The Bertz CT molecular complexity index is 1720. The maximum atomic E-state index is 11.2. The lowest BCUT2D eigenvalue weighted by molar-refractivity contribution is -0.119. The van der Waals surface area contributed by atoms with Crippen LogP contribution in [0.1, 0.15) is 22.3 Å². The molecular weight excluding hydrogens is 576 g/mol. The Morgan fingerprint density at radius 2 is 1.30 bits per heavy atom. The Hall–Kier alpha value is -5.18. The number of piperazine rings is 1. The number of aromatic hydroxyl groups is 1. The molecule has 8 heteroatoms. The van der Waals surface area contributed by atoms with Crippen LogP contribution in [-0.4, -0.2) is 59.8 Å². The van der Waals surface area contributed by atoms with E-state index in [9.17, 15) is 9.90 Å². The van der Waals surface area contributed by atoms with E-state index in [1.165, 1.54) is 11.8 Å². The molecule has 1 saturated heterocycles. The standard InChI is InChI=1S/C27H31N3O3.C11H9NO/c28-27(31)19-30-15-13-29(14-16-30)18-24-11-12-25(32-20-22-7-3-1-4-8-22)26(17-24)33-21-23-9-5-2-6-10-23;12-7-10-9-4-2-1-3-8(9)5-6-11(10)13/h1-12,17H,13-16,18-21H2,(H2,28,31);1-7,12-13H. The van der Waals surface area contributed by atoms with E-state index >= 15 is 0 Å². The van der Waals surface area contributed by atoms with Crippen LogP contribution >= 0.6 is 0 Å². The fraction of sp³-hybridized carbons (Fsp3) is 0.211. The Morgan fingerprint density at radius 3 is 1.93 bits per heavy atom. The van der Waals surface area contributed by atoms with E-state index in [0.29, 0.717) is 25.3 Å². The highest BCUT2D eigenvalue weighted by Gasteiger charge is 2.19. The highest BCUT2D eigenvalue weighted by molar-refractivity contribution is 6.01. The topological polar surface area (TPSA) is 112 Å². The summed E-state index contributed by atoms with van der Waals surface area (Å²) in [6.07, 6.45) is 1.18. The zero-order chi connectivity index (χ0) is 32.1. The van der Waals surface area contributed by atoms with Gasteiger partial charge in [-0.2, -0.15) is 0 Å². The third kappa shape index (κ3) is 9.17. The number of benzene rings is 5. The average molecular weight is 617 g/mol. The molecule has 0 radical (unpaired) electrons. The van der Waals surface area contributed by atoms with Crippen LogP contribution in [0.3, 0.4) is 0 Å². The summed E-state index contributed by atoms with van der Waals surface area (Å²) in [5.74, 6) is 1.38. The first-order valence-corrected chi connectivity index (χ1v) is 15.4. The van der Waals surface area contributed by atoms with E-state index < -0.39 is 0 Å². The number of hydrogen-bond acceptors (Lipinski definition) is 7. The van der Waals surface area contributed by atoms with E-state index in [2.05, 4.69) is 46.2 Å². The van der Waals surface area contributed by atoms with Gasteiger partial charge in [-0.3, -0.25) is 14.6 Å². The number of fused-ring (bicyclic) bond motifs is 1. The minimum Gasteiger partial charge on any atom is -0.507 e. The lowest BCUT2D eigenvalue weighted by atomic mass is 10.0. The van der Waals surface area contributed by atoms with Gasteiger partial charge in [0, 0.05) is 44.5 Å². The van der Waals surface area contributed by atoms with Gasteiger partial charge in [-0.05, 0) is 45.7 Å². The van der Waals surface area contributed by atoms with Crippen LogP contribution in [0.5, 0.6) is 17.2 Å². The Morgan fingerprint density at radius 1 is 0.717 bits per heavy atom. The first-order valence-electron chi connectivity index (χ1n) is 15.4.